The van der Waals surface area contributed by atoms with E-state index < -0.39 is 6.10 Å². The second kappa shape index (κ2) is 4.50. The third kappa shape index (κ3) is 1.71. The van der Waals surface area contributed by atoms with Crippen molar-refractivity contribution in [3.05, 3.63) is 60.2 Å². The first kappa shape index (κ1) is 11.4. The first-order chi connectivity index (χ1) is 8.83. The lowest BCUT2D eigenvalue weighted by atomic mass is 9.60. The fourth-order valence-electron chi connectivity index (χ4n) is 2.78. The molecule has 1 fully saturated rings. The molecule has 1 unspecified atom stereocenters. The molecule has 18 heavy (non-hydrogen) atoms. The number of nitrogens with zero attached hydrogens (tertiary/aromatic N) is 2. The highest BCUT2D eigenvalue weighted by molar-refractivity contribution is 5.31. The van der Waals surface area contributed by atoms with E-state index in [9.17, 15) is 5.11 Å². The van der Waals surface area contributed by atoms with E-state index in [0.29, 0.717) is 0 Å². The van der Waals surface area contributed by atoms with Gasteiger partial charge in [0, 0.05) is 24.0 Å². The van der Waals surface area contributed by atoms with Gasteiger partial charge in [-0.15, -0.1) is 0 Å². The highest BCUT2D eigenvalue weighted by Crippen LogP contribution is 2.51. The Bertz CT molecular complexity index is 509. The van der Waals surface area contributed by atoms with Gasteiger partial charge in [-0.2, -0.15) is 0 Å². The van der Waals surface area contributed by atoms with Crippen LogP contribution in [0.4, 0.5) is 0 Å². The van der Waals surface area contributed by atoms with Crippen LogP contribution in [0.15, 0.2) is 48.9 Å². The zero-order valence-electron chi connectivity index (χ0n) is 10.2. The molecule has 3 nitrogen and oxygen atoms in total. The highest BCUT2D eigenvalue weighted by Gasteiger charge is 2.46. The van der Waals surface area contributed by atoms with Crippen LogP contribution < -0.4 is 0 Å². The molecular formula is C15H16N2O. The van der Waals surface area contributed by atoms with Gasteiger partial charge in [0.1, 0.15) is 6.10 Å². The van der Waals surface area contributed by atoms with E-state index in [1.807, 2.05) is 30.3 Å². The molecule has 0 spiro atoms. The fourth-order valence-corrected chi connectivity index (χ4v) is 2.78. The van der Waals surface area contributed by atoms with Gasteiger partial charge in [0.2, 0.25) is 0 Å². The maximum absolute atomic E-state index is 10.7. The van der Waals surface area contributed by atoms with Crippen molar-refractivity contribution in [2.75, 3.05) is 0 Å². The van der Waals surface area contributed by atoms with Crippen molar-refractivity contribution < 1.29 is 5.11 Å². The van der Waals surface area contributed by atoms with Gasteiger partial charge in [-0.3, -0.25) is 9.97 Å². The molecule has 3 rings (SSSR count). The second-order valence-electron chi connectivity index (χ2n) is 4.90. The molecule has 0 radical (unpaired) electrons. The summed E-state index contributed by atoms with van der Waals surface area (Å²) in [6.07, 6.45) is 7.96. The first-order valence-electron chi connectivity index (χ1n) is 6.32. The van der Waals surface area contributed by atoms with Crippen LogP contribution in [0, 0.1) is 0 Å². The lowest BCUT2D eigenvalue weighted by Crippen LogP contribution is -2.40. The minimum atomic E-state index is -0.533. The summed E-state index contributed by atoms with van der Waals surface area (Å²) in [5.41, 5.74) is 1.76. The smallest absolute Gasteiger partial charge is 0.106 e. The Morgan fingerprint density at radius 1 is 1.06 bits per heavy atom. The second-order valence-corrected chi connectivity index (χ2v) is 4.90. The van der Waals surface area contributed by atoms with Gasteiger partial charge < -0.3 is 5.11 Å². The lowest BCUT2D eigenvalue weighted by molar-refractivity contribution is 0.0237. The molecule has 1 atom stereocenters. The van der Waals surface area contributed by atoms with Crippen molar-refractivity contribution in [1.82, 2.24) is 9.97 Å². The van der Waals surface area contributed by atoms with Crippen LogP contribution in [0.25, 0.3) is 0 Å². The number of hydrogen-bond donors (Lipinski definition) is 1. The van der Waals surface area contributed by atoms with E-state index in [1.54, 1.807) is 18.6 Å². The summed E-state index contributed by atoms with van der Waals surface area (Å²) in [4.78, 5) is 8.34. The Hall–Kier alpha value is -1.74. The Balaban J connectivity index is 1.98. The predicted molar refractivity (Wildman–Crippen MR) is 69.0 cm³/mol. The molecule has 0 bridgehead atoms. The molecule has 1 aliphatic carbocycles. The van der Waals surface area contributed by atoms with E-state index >= 15 is 0 Å². The maximum atomic E-state index is 10.7. The number of aliphatic hydroxyl groups excluding tert-OH is 1. The molecule has 92 valence electrons. The fraction of sp³-hybridized carbons (Fsp3) is 0.333. The molecule has 1 N–H and O–H groups in total. The number of aromatic nitrogens is 2. The highest BCUT2D eigenvalue weighted by atomic mass is 16.3. The number of rotatable bonds is 3. The van der Waals surface area contributed by atoms with Crippen LogP contribution in [-0.4, -0.2) is 15.1 Å². The lowest BCUT2D eigenvalue weighted by Gasteiger charge is -2.45. The topological polar surface area (TPSA) is 46.0 Å². The standard InChI is InChI=1S/C15H16N2O/c18-14(13-4-1-2-9-17-13)15(7-3-8-15)12-5-10-16-11-6-12/h1-2,4-6,9-11,14,18H,3,7-8H2. The largest absolute Gasteiger partial charge is 0.386 e. The van der Waals surface area contributed by atoms with Crippen LogP contribution >= 0.6 is 0 Å². The van der Waals surface area contributed by atoms with Crippen molar-refractivity contribution in [3.8, 4) is 0 Å². The van der Waals surface area contributed by atoms with Crippen LogP contribution in [-0.2, 0) is 5.41 Å². The maximum Gasteiger partial charge on any atom is 0.106 e. The van der Waals surface area contributed by atoms with E-state index in [1.165, 1.54) is 5.56 Å². The molecule has 3 heteroatoms. The predicted octanol–water partition coefficient (Wildman–Crippen LogP) is 2.63. The van der Waals surface area contributed by atoms with Gasteiger partial charge in [-0.1, -0.05) is 12.5 Å². The number of pyridine rings is 2. The van der Waals surface area contributed by atoms with Crippen LogP contribution in [0.2, 0.25) is 0 Å². The number of hydrogen-bond acceptors (Lipinski definition) is 3. The number of aliphatic hydroxyl groups is 1. The van der Waals surface area contributed by atoms with Crippen molar-refractivity contribution in [3.63, 3.8) is 0 Å². The third-order valence-electron chi connectivity index (χ3n) is 3.99. The monoisotopic (exact) mass is 240 g/mol. The Morgan fingerprint density at radius 2 is 1.83 bits per heavy atom. The summed E-state index contributed by atoms with van der Waals surface area (Å²) in [5.74, 6) is 0. The summed E-state index contributed by atoms with van der Waals surface area (Å²) >= 11 is 0. The zero-order valence-corrected chi connectivity index (χ0v) is 10.2. The summed E-state index contributed by atoms with van der Waals surface area (Å²) in [6, 6.07) is 9.70. The Labute approximate surface area is 107 Å². The summed E-state index contributed by atoms with van der Waals surface area (Å²) in [7, 11) is 0. The van der Waals surface area contributed by atoms with E-state index in [-0.39, 0.29) is 5.41 Å². The summed E-state index contributed by atoms with van der Waals surface area (Å²) in [6.45, 7) is 0. The van der Waals surface area contributed by atoms with Crippen molar-refractivity contribution in [2.45, 2.75) is 30.8 Å². The van der Waals surface area contributed by atoms with Gasteiger partial charge in [-0.05, 0) is 42.7 Å². The van der Waals surface area contributed by atoms with Gasteiger partial charge in [0.15, 0.2) is 0 Å². The van der Waals surface area contributed by atoms with Crippen LogP contribution in [0.1, 0.15) is 36.6 Å². The summed E-state index contributed by atoms with van der Waals surface area (Å²) < 4.78 is 0. The van der Waals surface area contributed by atoms with Gasteiger partial charge in [0.05, 0.1) is 5.69 Å². The normalized spacial score (nSPS) is 18.9. The molecule has 0 amide bonds. The van der Waals surface area contributed by atoms with Crippen molar-refractivity contribution >= 4 is 0 Å². The molecule has 2 aromatic heterocycles. The Morgan fingerprint density at radius 3 is 2.39 bits per heavy atom. The van der Waals surface area contributed by atoms with Crippen LogP contribution in [0.3, 0.4) is 0 Å². The Kier molecular flexibility index (Phi) is 2.84. The average molecular weight is 240 g/mol. The van der Waals surface area contributed by atoms with Gasteiger partial charge in [0.25, 0.3) is 0 Å². The quantitative estimate of drug-likeness (QED) is 0.897. The SMILES string of the molecule is OC(c1ccccn1)C1(c2ccncc2)CCC1. The minimum absolute atomic E-state index is 0.169. The van der Waals surface area contributed by atoms with E-state index in [0.717, 1.165) is 25.0 Å². The first-order valence-corrected chi connectivity index (χ1v) is 6.32. The van der Waals surface area contributed by atoms with Crippen molar-refractivity contribution in [2.24, 2.45) is 0 Å². The zero-order chi connectivity index (χ0) is 12.4. The molecule has 1 saturated carbocycles. The van der Waals surface area contributed by atoms with Gasteiger partial charge >= 0.3 is 0 Å². The third-order valence-corrected chi connectivity index (χ3v) is 3.99. The molecule has 0 aromatic carbocycles. The van der Waals surface area contributed by atoms with Crippen LogP contribution in [0.5, 0.6) is 0 Å². The molecule has 0 aliphatic heterocycles. The average Bonchev–Trinajstić information content (AvgIpc) is 2.40. The molecule has 2 heterocycles. The molecular weight excluding hydrogens is 224 g/mol. The summed E-state index contributed by atoms with van der Waals surface area (Å²) in [5, 5.41) is 10.7. The van der Waals surface area contributed by atoms with Crippen molar-refractivity contribution in [1.29, 1.82) is 0 Å². The van der Waals surface area contributed by atoms with E-state index in [2.05, 4.69) is 9.97 Å². The van der Waals surface area contributed by atoms with E-state index in [4.69, 9.17) is 0 Å². The molecule has 1 aliphatic rings. The van der Waals surface area contributed by atoms with Gasteiger partial charge in [-0.25, -0.2) is 0 Å². The minimum Gasteiger partial charge on any atom is -0.386 e. The molecule has 2 aromatic rings. The molecule has 0 saturated heterocycles.